The van der Waals surface area contributed by atoms with Crippen LogP contribution in [0.5, 0.6) is 5.75 Å². The van der Waals surface area contributed by atoms with Crippen molar-refractivity contribution in [2.75, 3.05) is 14.2 Å². The van der Waals surface area contributed by atoms with Gasteiger partial charge in [0.05, 0.1) is 19.8 Å². The van der Waals surface area contributed by atoms with Crippen molar-refractivity contribution in [3.8, 4) is 5.75 Å². The van der Waals surface area contributed by atoms with Crippen LogP contribution in [-0.2, 0) is 11.3 Å². The molecular formula is C19H17NO4. The minimum Gasteiger partial charge on any atom is -0.497 e. The molecule has 3 aromatic rings. The molecule has 5 nitrogen and oxygen atoms in total. The van der Waals surface area contributed by atoms with Gasteiger partial charge in [0.15, 0.2) is 6.29 Å². The van der Waals surface area contributed by atoms with Crippen LogP contribution in [0.4, 0.5) is 0 Å². The second-order valence-corrected chi connectivity index (χ2v) is 5.40. The third-order valence-electron chi connectivity index (χ3n) is 3.97. The van der Waals surface area contributed by atoms with E-state index in [1.54, 1.807) is 19.2 Å². The van der Waals surface area contributed by atoms with Crippen molar-refractivity contribution in [3.05, 3.63) is 65.4 Å². The summed E-state index contributed by atoms with van der Waals surface area (Å²) in [5.74, 6) is 0.356. The van der Waals surface area contributed by atoms with E-state index >= 15 is 0 Å². The number of carbonyl (C=O) groups is 2. The van der Waals surface area contributed by atoms with E-state index in [4.69, 9.17) is 9.47 Å². The normalized spacial score (nSPS) is 10.6. The van der Waals surface area contributed by atoms with Gasteiger partial charge in [-0.15, -0.1) is 0 Å². The molecule has 2 aromatic carbocycles. The number of methoxy groups -OCH3 is 2. The van der Waals surface area contributed by atoms with Crippen LogP contribution < -0.4 is 4.74 Å². The Bertz CT molecular complexity index is 894. The number of aromatic nitrogens is 1. The van der Waals surface area contributed by atoms with Gasteiger partial charge in [0.25, 0.3) is 0 Å². The zero-order chi connectivity index (χ0) is 17.1. The number of esters is 1. The number of ether oxygens (including phenoxy) is 2. The molecule has 0 radical (unpaired) electrons. The van der Waals surface area contributed by atoms with Crippen LogP contribution >= 0.6 is 0 Å². The van der Waals surface area contributed by atoms with E-state index in [0.717, 1.165) is 22.8 Å². The fraction of sp³-hybridized carbons (Fsp3) is 0.158. The maximum Gasteiger partial charge on any atom is 0.337 e. The van der Waals surface area contributed by atoms with Crippen LogP contribution in [-0.4, -0.2) is 31.0 Å². The zero-order valence-electron chi connectivity index (χ0n) is 13.5. The molecule has 122 valence electrons. The minimum absolute atomic E-state index is 0.358. The first kappa shape index (κ1) is 15.8. The van der Waals surface area contributed by atoms with Crippen LogP contribution in [0.1, 0.15) is 26.3 Å². The van der Waals surface area contributed by atoms with Gasteiger partial charge in [0, 0.05) is 29.2 Å². The smallest absolute Gasteiger partial charge is 0.337 e. The number of rotatable bonds is 5. The summed E-state index contributed by atoms with van der Waals surface area (Å²) in [6.45, 7) is 0.595. The fourth-order valence-electron chi connectivity index (χ4n) is 2.72. The van der Waals surface area contributed by atoms with E-state index < -0.39 is 0 Å². The standard InChI is InChI=1S/C19H17NO4/c1-23-16-7-8-18-17(9-16)15(12-21)11-20(18)10-13-3-5-14(6-4-13)19(22)24-2/h3-9,11-12H,10H2,1-2H3. The molecule has 24 heavy (non-hydrogen) atoms. The maximum atomic E-state index is 11.5. The van der Waals surface area contributed by atoms with Gasteiger partial charge in [0.1, 0.15) is 5.75 Å². The van der Waals surface area contributed by atoms with Gasteiger partial charge in [-0.1, -0.05) is 12.1 Å². The summed E-state index contributed by atoms with van der Waals surface area (Å²) in [6, 6.07) is 12.9. The van der Waals surface area contributed by atoms with Crippen LogP contribution in [0.25, 0.3) is 10.9 Å². The van der Waals surface area contributed by atoms with E-state index in [0.29, 0.717) is 23.4 Å². The van der Waals surface area contributed by atoms with Gasteiger partial charge >= 0.3 is 5.97 Å². The van der Waals surface area contributed by atoms with Crippen molar-refractivity contribution in [1.29, 1.82) is 0 Å². The maximum absolute atomic E-state index is 11.5. The quantitative estimate of drug-likeness (QED) is 0.534. The predicted molar refractivity (Wildman–Crippen MR) is 90.8 cm³/mol. The average Bonchev–Trinajstić information content (AvgIpc) is 2.98. The van der Waals surface area contributed by atoms with Crippen molar-refractivity contribution in [2.45, 2.75) is 6.54 Å². The van der Waals surface area contributed by atoms with E-state index in [1.165, 1.54) is 7.11 Å². The predicted octanol–water partition coefficient (Wildman–Crippen LogP) is 3.30. The molecule has 0 spiro atoms. The summed E-state index contributed by atoms with van der Waals surface area (Å²) < 4.78 is 11.9. The molecule has 0 amide bonds. The average molecular weight is 323 g/mol. The topological polar surface area (TPSA) is 57.5 Å². The Labute approximate surface area is 139 Å². The molecule has 1 aromatic heterocycles. The largest absolute Gasteiger partial charge is 0.497 e. The second-order valence-electron chi connectivity index (χ2n) is 5.40. The molecule has 0 unspecified atom stereocenters. The SMILES string of the molecule is COC(=O)c1ccc(Cn2cc(C=O)c3cc(OC)ccc32)cc1. The van der Waals surface area contributed by atoms with Crippen molar-refractivity contribution >= 4 is 23.2 Å². The molecule has 0 N–H and O–H groups in total. The van der Waals surface area contributed by atoms with Crippen LogP contribution in [0.2, 0.25) is 0 Å². The van der Waals surface area contributed by atoms with Gasteiger partial charge in [-0.25, -0.2) is 4.79 Å². The van der Waals surface area contributed by atoms with Gasteiger partial charge in [-0.05, 0) is 35.9 Å². The number of hydrogen-bond donors (Lipinski definition) is 0. The lowest BCUT2D eigenvalue weighted by atomic mass is 10.1. The Kier molecular flexibility index (Phi) is 4.33. The lowest BCUT2D eigenvalue weighted by Gasteiger charge is -2.07. The molecule has 0 saturated heterocycles. The van der Waals surface area contributed by atoms with Crippen LogP contribution in [0.3, 0.4) is 0 Å². The lowest BCUT2D eigenvalue weighted by molar-refractivity contribution is 0.0600. The molecule has 0 fully saturated rings. The summed E-state index contributed by atoms with van der Waals surface area (Å²) in [5.41, 5.74) is 3.11. The third kappa shape index (κ3) is 2.88. The Balaban J connectivity index is 1.95. The van der Waals surface area contributed by atoms with Gasteiger partial charge in [-0.2, -0.15) is 0 Å². The van der Waals surface area contributed by atoms with Crippen molar-refractivity contribution in [2.24, 2.45) is 0 Å². The van der Waals surface area contributed by atoms with Crippen molar-refractivity contribution in [1.82, 2.24) is 4.57 Å². The summed E-state index contributed by atoms with van der Waals surface area (Å²) >= 11 is 0. The molecule has 3 rings (SSSR count). The number of nitrogens with zero attached hydrogens (tertiary/aromatic N) is 1. The molecular weight excluding hydrogens is 306 g/mol. The Hall–Kier alpha value is -3.08. The summed E-state index contributed by atoms with van der Waals surface area (Å²) in [4.78, 5) is 22.8. The monoisotopic (exact) mass is 323 g/mol. The Morgan fingerprint density at radius 3 is 2.50 bits per heavy atom. The minimum atomic E-state index is -0.358. The first-order valence-corrected chi connectivity index (χ1v) is 7.45. The molecule has 0 aliphatic heterocycles. The summed E-state index contributed by atoms with van der Waals surface area (Å²) in [6.07, 6.45) is 2.67. The number of hydrogen-bond acceptors (Lipinski definition) is 4. The van der Waals surface area contributed by atoms with E-state index in [1.807, 2.05) is 41.1 Å². The van der Waals surface area contributed by atoms with E-state index in [-0.39, 0.29) is 5.97 Å². The Morgan fingerprint density at radius 1 is 1.12 bits per heavy atom. The van der Waals surface area contributed by atoms with Gasteiger partial charge in [-0.3, -0.25) is 4.79 Å². The lowest BCUT2D eigenvalue weighted by Crippen LogP contribution is -2.02. The van der Waals surface area contributed by atoms with E-state index in [9.17, 15) is 9.59 Å². The Morgan fingerprint density at radius 2 is 1.88 bits per heavy atom. The van der Waals surface area contributed by atoms with Crippen molar-refractivity contribution < 1.29 is 19.1 Å². The van der Waals surface area contributed by atoms with E-state index in [2.05, 4.69) is 0 Å². The molecule has 1 heterocycles. The molecule has 5 heteroatoms. The first-order chi connectivity index (χ1) is 11.7. The highest BCUT2D eigenvalue weighted by atomic mass is 16.5. The van der Waals surface area contributed by atoms with Crippen LogP contribution in [0, 0.1) is 0 Å². The summed E-state index contributed by atoms with van der Waals surface area (Å²) in [7, 11) is 2.96. The summed E-state index contributed by atoms with van der Waals surface area (Å²) in [5, 5.41) is 0.857. The molecule has 0 aliphatic carbocycles. The molecule has 0 aliphatic rings. The van der Waals surface area contributed by atoms with Crippen LogP contribution in [0.15, 0.2) is 48.7 Å². The first-order valence-electron chi connectivity index (χ1n) is 7.45. The highest BCUT2D eigenvalue weighted by molar-refractivity contribution is 5.98. The van der Waals surface area contributed by atoms with Gasteiger partial charge in [0.2, 0.25) is 0 Å². The highest BCUT2D eigenvalue weighted by Gasteiger charge is 2.10. The zero-order valence-corrected chi connectivity index (χ0v) is 13.5. The molecule has 0 atom stereocenters. The highest BCUT2D eigenvalue weighted by Crippen LogP contribution is 2.26. The third-order valence-corrected chi connectivity index (χ3v) is 3.97. The van der Waals surface area contributed by atoms with Gasteiger partial charge < -0.3 is 14.0 Å². The number of carbonyl (C=O) groups excluding carboxylic acids is 2. The second kappa shape index (κ2) is 6.58. The van der Waals surface area contributed by atoms with Crippen molar-refractivity contribution in [3.63, 3.8) is 0 Å². The fourth-order valence-corrected chi connectivity index (χ4v) is 2.72. The molecule has 0 bridgehead atoms. The number of fused-ring (bicyclic) bond motifs is 1. The number of benzene rings is 2. The number of aldehydes is 1. The molecule has 0 saturated carbocycles.